The van der Waals surface area contributed by atoms with Crippen LogP contribution in [0.15, 0.2) is 36.4 Å². The maximum absolute atomic E-state index is 14.0. The molecular weight excluding hydrogens is 329 g/mol. The third-order valence-electron chi connectivity index (χ3n) is 3.18. The minimum atomic E-state index is -0.659. The molecule has 0 aromatic heterocycles. The third kappa shape index (κ3) is 4.84. The van der Waals surface area contributed by atoms with Crippen LogP contribution in [0.5, 0.6) is 11.5 Å². The van der Waals surface area contributed by atoms with Crippen LogP contribution in [0.25, 0.3) is 0 Å². The Hall–Kier alpha value is -3.29. The van der Waals surface area contributed by atoms with E-state index >= 15 is 0 Å². The van der Waals surface area contributed by atoms with Gasteiger partial charge in [-0.05, 0) is 24.3 Å². The van der Waals surface area contributed by atoms with Crippen molar-refractivity contribution in [3.63, 3.8) is 0 Å². The molecule has 2 aromatic carbocycles. The second kappa shape index (κ2) is 8.00. The topological polar surface area (TPSA) is 88.7 Å². The van der Waals surface area contributed by atoms with Gasteiger partial charge in [-0.1, -0.05) is 0 Å². The molecule has 0 bridgehead atoms. The van der Waals surface area contributed by atoms with E-state index < -0.39 is 11.8 Å². The number of halogens is 1. The first-order valence-corrected chi connectivity index (χ1v) is 7.30. The first-order valence-electron chi connectivity index (χ1n) is 7.30. The second-order valence-corrected chi connectivity index (χ2v) is 5.02. The van der Waals surface area contributed by atoms with Crippen LogP contribution >= 0.6 is 0 Å². The number of methoxy groups -OCH3 is 2. The van der Waals surface area contributed by atoms with Gasteiger partial charge in [0.05, 0.1) is 19.9 Å². The van der Waals surface area contributed by atoms with Crippen molar-refractivity contribution in [2.24, 2.45) is 0 Å². The highest BCUT2D eigenvalue weighted by atomic mass is 19.1. The van der Waals surface area contributed by atoms with Crippen LogP contribution < -0.4 is 25.4 Å². The quantitative estimate of drug-likeness (QED) is 0.773. The van der Waals surface area contributed by atoms with Crippen LogP contribution in [-0.2, 0) is 4.79 Å². The number of carbonyl (C=O) groups is 2. The molecule has 0 atom stereocenters. The van der Waals surface area contributed by atoms with Crippen molar-refractivity contribution in [3.05, 3.63) is 42.2 Å². The molecule has 0 saturated heterocycles. The first-order chi connectivity index (χ1) is 11.9. The number of hydrogen-bond acceptors (Lipinski definition) is 4. The summed E-state index contributed by atoms with van der Waals surface area (Å²) in [6.45, 7) is 1.40. The van der Waals surface area contributed by atoms with Gasteiger partial charge >= 0.3 is 6.03 Å². The van der Waals surface area contributed by atoms with Crippen LogP contribution in [0.3, 0.4) is 0 Å². The highest BCUT2D eigenvalue weighted by Gasteiger charge is 2.13. The van der Waals surface area contributed by atoms with Gasteiger partial charge in [0.25, 0.3) is 0 Å². The molecule has 8 heteroatoms. The molecule has 7 nitrogen and oxygen atoms in total. The average molecular weight is 347 g/mol. The molecule has 0 unspecified atom stereocenters. The van der Waals surface area contributed by atoms with Crippen molar-refractivity contribution in [2.75, 3.05) is 30.2 Å². The van der Waals surface area contributed by atoms with Crippen LogP contribution in [0.4, 0.5) is 26.2 Å². The fraction of sp³-hybridized carbons (Fsp3) is 0.176. The lowest BCUT2D eigenvalue weighted by Crippen LogP contribution is -2.20. The van der Waals surface area contributed by atoms with E-state index in [4.69, 9.17) is 9.47 Å². The Bertz CT molecular complexity index is 778. The monoisotopic (exact) mass is 347 g/mol. The molecule has 0 radical (unpaired) electrons. The molecule has 25 heavy (non-hydrogen) atoms. The highest BCUT2D eigenvalue weighted by molar-refractivity contribution is 6.00. The van der Waals surface area contributed by atoms with E-state index in [9.17, 15) is 14.0 Å². The summed E-state index contributed by atoms with van der Waals surface area (Å²) in [6, 6.07) is 8.30. The lowest BCUT2D eigenvalue weighted by Gasteiger charge is -2.12. The molecule has 0 heterocycles. The Morgan fingerprint density at radius 1 is 0.880 bits per heavy atom. The van der Waals surface area contributed by atoms with Crippen molar-refractivity contribution >= 4 is 29.0 Å². The van der Waals surface area contributed by atoms with Crippen molar-refractivity contribution in [1.29, 1.82) is 0 Å². The standard InChI is InChI=1S/C17H18FN3O4/c1-10(22)19-11-4-6-12(7-5-11)20-17(23)21-14-9-16(25-3)15(24-2)8-13(14)18/h4-9H,1-3H3,(H,19,22)(H2,20,21,23). The lowest BCUT2D eigenvalue weighted by molar-refractivity contribution is -0.114. The van der Waals surface area contributed by atoms with Crippen LogP contribution in [-0.4, -0.2) is 26.2 Å². The summed E-state index contributed by atoms with van der Waals surface area (Å²) in [6.07, 6.45) is 0. The average Bonchev–Trinajstić information content (AvgIpc) is 2.57. The Morgan fingerprint density at radius 2 is 1.40 bits per heavy atom. The molecule has 0 fully saturated rings. The molecule has 2 aromatic rings. The second-order valence-electron chi connectivity index (χ2n) is 5.02. The number of ether oxygens (including phenoxy) is 2. The lowest BCUT2D eigenvalue weighted by atomic mass is 10.2. The SMILES string of the molecule is COc1cc(F)c(NC(=O)Nc2ccc(NC(C)=O)cc2)cc1OC. The minimum absolute atomic E-state index is 0.0509. The van der Waals surface area contributed by atoms with E-state index in [1.165, 1.54) is 27.2 Å². The number of anilines is 3. The third-order valence-corrected chi connectivity index (χ3v) is 3.18. The molecule has 2 rings (SSSR count). The summed E-state index contributed by atoms with van der Waals surface area (Å²) in [5.41, 5.74) is 1.03. The zero-order valence-corrected chi connectivity index (χ0v) is 14.0. The Balaban J connectivity index is 2.06. The largest absolute Gasteiger partial charge is 0.493 e. The fourth-order valence-corrected chi connectivity index (χ4v) is 2.07. The summed E-state index contributed by atoms with van der Waals surface area (Å²) in [7, 11) is 2.80. The van der Waals surface area contributed by atoms with E-state index in [0.717, 1.165) is 6.07 Å². The van der Waals surface area contributed by atoms with Crippen molar-refractivity contribution in [3.8, 4) is 11.5 Å². The number of amides is 3. The zero-order valence-electron chi connectivity index (χ0n) is 14.0. The molecule has 3 amide bonds. The summed E-state index contributed by atoms with van der Waals surface area (Å²) >= 11 is 0. The van der Waals surface area contributed by atoms with Crippen molar-refractivity contribution < 1.29 is 23.5 Å². The van der Waals surface area contributed by atoms with E-state index in [1.807, 2.05) is 0 Å². The normalized spacial score (nSPS) is 9.92. The molecule has 3 N–H and O–H groups in total. The molecule has 0 aliphatic heterocycles. The van der Waals surface area contributed by atoms with Gasteiger partial charge in [0.15, 0.2) is 17.3 Å². The Morgan fingerprint density at radius 3 is 1.92 bits per heavy atom. The number of carbonyl (C=O) groups excluding carboxylic acids is 2. The van der Waals surface area contributed by atoms with Crippen LogP contribution in [0, 0.1) is 5.82 Å². The number of urea groups is 1. The maximum atomic E-state index is 14.0. The molecular formula is C17H18FN3O4. The van der Waals surface area contributed by atoms with Crippen molar-refractivity contribution in [2.45, 2.75) is 6.92 Å². The smallest absolute Gasteiger partial charge is 0.323 e. The zero-order chi connectivity index (χ0) is 18.4. The van der Waals surface area contributed by atoms with Gasteiger partial charge in [0.1, 0.15) is 0 Å². The molecule has 0 aliphatic rings. The van der Waals surface area contributed by atoms with Gasteiger partial charge in [-0.3, -0.25) is 4.79 Å². The van der Waals surface area contributed by atoms with E-state index in [1.54, 1.807) is 24.3 Å². The summed E-state index contributed by atoms with van der Waals surface area (Å²) in [5, 5.41) is 7.58. The Kier molecular flexibility index (Phi) is 5.78. The summed E-state index contributed by atoms with van der Waals surface area (Å²) in [5.74, 6) is -0.338. The van der Waals surface area contributed by atoms with Gasteiger partial charge in [0.2, 0.25) is 5.91 Å². The first kappa shape index (κ1) is 18.1. The van der Waals surface area contributed by atoms with Crippen LogP contribution in [0.1, 0.15) is 6.92 Å². The number of nitrogens with one attached hydrogen (secondary N) is 3. The summed E-state index contributed by atoms with van der Waals surface area (Å²) < 4.78 is 24.1. The number of benzene rings is 2. The van der Waals surface area contributed by atoms with Gasteiger partial charge in [-0.15, -0.1) is 0 Å². The van der Waals surface area contributed by atoms with Gasteiger partial charge in [0, 0.05) is 30.4 Å². The molecule has 132 valence electrons. The minimum Gasteiger partial charge on any atom is -0.493 e. The highest BCUT2D eigenvalue weighted by Crippen LogP contribution is 2.32. The van der Waals surface area contributed by atoms with Crippen molar-refractivity contribution in [1.82, 2.24) is 0 Å². The molecule has 0 saturated carbocycles. The van der Waals surface area contributed by atoms with E-state index in [-0.39, 0.29) is 17.3 Å². The van der Waals surface area contributed by atoms with Gasteiger partial charge < -0.3 is 25.4 Å². The molecule has 0 spiro atoms. The summed E-state index contributed by atoms with van der Waals surface area (Å²) in [4.78, 5) is 23.0. The predicted molar refractivity (Wildman–Crippen MR) is 92.9 cm³/mol. The molecule has 0 aliphatic carbocycles. The number of rotatable bonds is 5. The van der Waals surface area contributed by atoms with Crippen LogP contribution in [0.2, 0.25) is 0 Å². The maximum Gasteiger partial charge on any atom is 0.323 e. The van der Waals surface area contributed by atoms with Gasteiger partial charge in [-0.2, -0.15) is 0 Å². The predicted octanol–water partition coefficient (Wildman–Crippen LogP) is 3.45. The van der Waals surface area contributed by atoms with E-state index in [0.29, 0.717) is 17.1 Å². The fourth-order valence-electron chi connectivity index (χ4n) is 2.07. The Labute approximate surface area is 144 Å². The van der Waals surface area contributed by atoms with Gasteiger partial charge in [-0.25, -0.2) is 9.18 Å². The number of hydrogen-bond donors (Lipinski definition) is 3. The van der Waals surface area contributed by atoms with E-state index in [2.05, 4.69) is 16.0 Å².